The fraction of sp³-hybridized carbons (Fsp3) is 0.370. The van der Waals surface area contributed by atoms with Crippen LogP contribution in [0.5, 0.6) is 5.88 Å². The first-order chi connectivity index (χ1) is 16.9. The van der Waals surface area contributed by atoms with Gasteiger partial charge < -0.3 is 25.0 Å². The molecular weight excluding hydrogens is 444 g/mol. The topological polar surface area (TPSA) is 107 Å². The summed E-state index contributed by atoms with van der Waals surface area (Å²) in [5, 5.41) is 14.8. The first-order valence-electron chi connectivity index (χ1n) is 11.9. The van der Waals surface area contributed by atoms with Crippen molar-refractivity contribution in [2.45, 2.75) is 37.8 Å². The van der Waals surface area contributed by atoms with Crippen LogP contribution in [-0.4, -0.2) is 72.4 Å². The quantitative estimate of drug-likeness (QED) is 0.358. The van der Waals surface area contributed by atoms with Crippen LogP contribution >= 0.6 is 0 Å². The summed E-state index contributed by atoms with van der Waals surface area (Å²) < 4.78 is 4.82. The van der Waals surface area contributed by atoms with E-state index in [1.807, 2.05) is 55.4 Å². The number of rotatable bonds is 7. The fourth-order valence-electron chi connectivity index (χ4n) is 4.64. The second kappa shape index (κ2) is 10.7. The number of likely N-dealkylation sites (N-methyl/N-ethyl adjacent to an activating group) is 1. The molecule has 3 N–H and O–H groups in total. The number of ether oxygens (including phenoxy) is 1. The smallest absolute Gasteiger partial charge is 0.337 e. The molecule has 4 rings (SSSR count). The molecule has 1 amide bonds. The van der Waals surface area contributed by atoms with Crippen molar-refractivity contribution in [2.24, 2.45) is 4.99 Å². The number of aromatic hydroxyl groups is 1. The van der Waals surface area contributed by atoms with Gasteiger partial charge >= 0.3 is 5.97 Å². The summed E-state index contributed by atoms with van der Waals surface area (Å²) in [4.78, 5) is 34.1. The van der Waals surface area contributed by atoms with Crippen molar-refractivity contribution >= 4 is 28.5 Å². The van der Waals surface area contributed by atoms with Gasteiger partial charge in [0.05, 0.1) is 36.5 Å². The zero-order chi connectivity index (χ0) is 24.9. The predicted molar refractivity (Wildman–Crippen MR) is 136 cm³/mol. The van der Waals surface area contributed by atoms with E-state index in [4.69, 9.17) is 9.73 Å². The van der Waals surface area contributed by atoms with Crippen molar-refractivity contribution in [3.8, 4) is 5.88 Å². The standard InChI is InChI=1S/C27H32N4O4/c1-31(2)16-23(32)28-19-10-12-20(13-11-19)29-25(17-7-5-4-6-8-17)24-21-14-9-18(27(34)35-3)15-22(21)30-26(24)33/h4-9,14-15,19-20,30,33H,10-13,16H2,1-3H3,(H,28,32). The molecule has 8 heteroatoms. The number of H-pyrrole nitrogens is 1. The zero-order valence-corrected chi connectivity index (χ0v) is 20.4. The Morgan fingerprint density at radius 2 is 1.80 bits per heavy atom. The molecule has 3 aromatic rings. The normalized spacial score (nSPS) is 18.6. The molecule has 0 radical (unpaired) electrons. The number of benzene rings is 2. The third kappa shape index (κ3) is 5.71. The third-order valence-electron chi connectivity index (χ3n) is 6.32. The van der Waals surface area contributed by atoms with E-state index in [9.17, 15) is 14.7 Å². The number of esters is 1. The number of aromatic amines is 1. The van der Waals surface area contributed by atoms with Gasteiger partial charge in [0, 0.05) is 22.5 Å². The average Bonchev–Trinajstić information content (AvgIpc) is 3.17. The zero-order valence-electron chi connectivity index (χ0n) is 20.4. The maximum absolute atomic E-state index is 12.1. The van der Waals surface area contributed by atoms with Crippen LogP contribution in [0.1, 0.15) is 47.2 Å². The number of carbonyl (C=O) groups excluding carboxylic acids is 2. The second-order valence-electron chi connectivity index (χ2n) is 9.26. The number of amides is 1. The van der Waals surface area contributed by atoms with Crippen molar-refractivity contribution in [3.05, 3.63) is 65.2 Å². The van der Waals surface area contributed by atoms with Gasteiger partial charge in [-0.2, -0.15) is 0 Å². The highest BCUT2D eigenvalue weighted by atomic mass is 16.5. The predicted octanol–water partition coefficient (Wildman–Crippen LogP) is 3.49. The largest absolute Gasteiger partial charge is 0.494 e. The molecule has 1 heterocycles. The highest BCUT2D eigenvalue weighted by Crippen LogP contribution is 2.32. The molecule has 2 aromatic carbocycles. The summed E-state index contributed by atoms with van der Waals surface area (Å²) in [5.41, 5.74) is 3.27. The molecule has 0 aliphatic heterocycles. The van der Waals surface area contributed by atoms with Crippen LogP contribution in [0.4, 0.5) is 0 Å². The molecule has 184 valence electrons. The van der Waals surface area contributed by atoms with E-state index >= 15 is 0 Å². The van der Waals surface area contributed by atoms with Crippen LogP contribution in [0.3, 0.4) is 0 Å². The minimum absolute atomic E-state index is 0.00857. The minimum atomic E-state index is -0.436. The Labute approximate surface area is 205 Å². The van der Waals surface area contributed by atoms with Gasteiger partial charge in [-0.3, -0.25) is 9.79 Å². The molecule has 1 fully saturated rings. The molecule has 1 saturated carbocycles. The Morgan fingerprint density at radius 1 is 1.09 bits per heavy atom. The Bertz CT molecular complexity index is 1220. The molecule has 0 saturated heterocycles. The van der Waals surface area contributed by atoms with E-state index in [1.54, 1.807) is 12.1 Å². The number of fused-ring (bicyclic) bond motifs is 1. The molecular formula is C27H32N4O4. The SMILES string of the molecule is COC(=O)c1ccc2c(C(=NC3CCC(NC(=O)CN(C)C)CC3)c3ccccc3)c(O)[nH]c2c1. The maximum atomic E-state index is 12.1. The van der Waals surface area contributed by atoms with Gasteiger partial charge in [-0.15, -0.1) is 0 Å². The van der Waals surface area contributed by atoms with Gasteiger partial charge in [-0.1, -0.05) is 36.4 Å². The molecule has 0 spiro atoms. The van der Waals surface area contributed by atoms with Crippen molar-refractivity contribution in [1.82, 2.24) is 15.2 Å². The molecule has 35 heavy (non-hydrogen) atoms. The van der Waals surface area contributed by atoms with E-state index in [0.717, 1.165) is 36.6 Å². The summed E-state index contributed by atoms with van der Waals surface area (Å²) in [5.74, 6) is -0.384. The van der Waals surface area contributed by atoms with Gasteiger partial charge in [0.1, 0.15) is 0 Å². The Balaban J connectivity index is 1.62. The Morgan fingerprint density at radius 3 is 2.46 bits per heavy atom. The van der Waals surface area contributed by atoms with Crippen molar-refractivity contribution < 1.29 is 19.4 Å². The number of methoxy groups -OCH3 is 1. The first kappa shape index (κ1) is 24.5. The number of nitrogens with zero attached hydrogens (tertiary/aromatic N) is 2. The van der Waals surface area contributed by atoms with Crippen molar-refractivity contribution in [1.29, 1.82) is 0 Å². The Hall–Kier alpha value is -3.65. The number of hydrogen-bond acceptors (Lipinski definition) is 6. The van der Waals surface area contributed by atoms with Crippen molar-refractivity contribution in [2.75, 3.05) is 27.7 Å². The number of aromatic nitrogens is 1. The number of hydrogen-bond donors (Lipinski definition) is 3. The van der Waals surface area contributed by atoms with Crippen LogP contribution in [0, 0.1) is 0 Å². The fourth-order valence-corrected chi connectivity index (χ4v) is 4.64. The van der Waals surface area contributed by atoms with E-state index in [0.29, 0.717) is 28.9 Å². The van der Waals surface area contributed by atoms with Crippen LogP contribution in [-0.2, 0) is 9.53 Å². The second-order valence-corrected chi connectivity index (χ2v) is 9.26. The van der Waals surface area contributed by atoms with E-state index < -0.39 is 5.97 Å². The van der Waals surface area contributed by atoms with Gasteiger partial charge in [-0.05, 0) is 51.9 Å². The number of carbonyl (C=O) groups is 2. The van der Waals surface area contributed by atoms with Crippen LogP contribution < -0.4 is 5.32 Å². The van der Waals surface area contributed by atoms with Crippen molar-refractivity contribution in [3.63, 3.8) is 0 Å². The van der Waals surface area contributed by atoms with E-state index in [-0.39, 0.29) is 23.9 Å². The maximum Gasteiger partial charge on any atom is 0.337 e. The van der Waals surface area contributed by atoms with E-state index in [1.165, 1.54) is 7.11 Å². The lowest BCUT2D eigenvalue weighted by Gasteiger charge is -2.28. The van der Waals surface area contributed by atoms with Gasteiger partial charge in [0.15, 0.2) is 5.88 Å². The third-order valence-corrected chi connectivity index (χ3v) is 6.32. The van der Waals surface area contributed by atoms with Crippen LogP contribution in [0.2, 0.25) is 0 Å². The summed E-state index contributed by atoms with van der Waals surface area (Å²) in [7, 11) is 5.10. The van der Waals surface area contributed by atoms with Gasteiger partial charge in [-0.25, -0.2) is 4.79 Å². The van der Waals surface area contributed by atoms with Gasteiger partial charge in [0.2, 0.25) is 5.91 Å². The lowest BCUT2D eigenvalue weighted by molar-refractivity contribution is -0.122. The molecule has 0 atom stereocenters. The summed E-state index contributed by atoms with van der Waals surface area (Å²) >= 11 is 0. The summed E-state index contributed by atoms with van der Waals surface area (Å²) in [6.45, 7) is 0.383. The molecule has 1 aliphatic rings. The summed E-state index contributed by atoms with van der Waals surface area (Å²) in [6, 6.07) is 15.2. The first-order valence-corrected chi connectivity index (χ1v) is 11.9. The molecule has 8 nitrogen and oxygen atoms in total. The van der Waals surface area contributed by atoms with E-state index in [2.05, 4.69) is 10.3 Å². The number of aliphatic imine (C=N–C) groups is 1. The lowest BCUT2D eigenvalue weighted by Crippen LogP contribution is -2.42. The monoisotopic (exact) mass is 476 g/mol. The molecule has 0 unspecified atom stereocenters. The highest BCUT2D eigenvalue weighted by molar-refractivity contribution is 6.21. The van der Waals surface area contributed by atoms with Crippen LogP contribution in [0.15, 0.2) is 53.5 Å². The number of nitrogens with one attached hydrogen (secondary N) is 2. The average molecular weight is 477 g/mol. The Kier molecular flexibility index (Phi) is 7.51. The lowest BCUT2D eigenvalue weighted by atomic mass is 9.90. The van der Waals surface area contributed by atoms with Crippen LogP contribution in [0.25, 0.3) is 10.9 Å². The molecule has 1 aromatic heterocycles. The molecule has 1 aliphatic carbocycles. The van der Waals surface area contributed by atoms with Gasteiger partial charge in [0.25, 0.3) is 0 Å². The highest BCUT2D eigenvalue weighted by Gasteiger charge is 2.25. The molecule has 0 bridgehead atoms. The summed E-state index contributed by atoms with van der Waals surface area (Å²) in [6.07, 6.45) is 3.41. The minimum Gasteiger partial charge on any atom is -0.494 e.